The summed E-state index contributed by atoms with van der Waals surface area (Å²) in [7, 11) is 1.60. The van der Waals surface area contributed by atoms with Crippen molar-refractivity contribution >= 4 is 40.2 Å². The monoisotopic (exact) mass is 287 g/mol. The number of rotatable bonds is 4. The number of thiophene rings is 1. The van der Waals surface area contributed by atoms with E-state index in [1.54, 1.807) is 18.4 Å². The van der Waals surface area contributed by atoms with Crippen molar-refractivity contribution in [2.75, 3.05) is 12.4 Å². The third-order valence-electron chi connectivity index (χ3n) is 2.24. The summed E-state index contributed by atoms with van der Waals surface area (Å²) in [4.78, 5) is 1.18. The molecule has 0 fully saturated rings. The third-order valence-corrected chi connectivity index (χ3v) is 3.82. The maximum absolute atomic E-state index is 6.03. The summed E-state index contributed by atoms with van der Waals surface area (Å²) >= 11 is 13.5. The van der Waals surface area contributed by atoms with Gasteiger partial charge >= 0.3 is 0 Å². The zero-order valence-corrected chi connectivity index (χ0v) is 11.5. The lowest BCUT2D eigenvalue weighted by atomic mass is 10.3. The highest BCUT2D eigenvalue weighted by molar-refractivity contribution is 7.10. The first-order chi connectivity index (χ1) is 8.19. The number of ether oxygens (including phenoxy) is 1. The minimum atomic E-state index is 0.599. The largest absolute Gasteiger partial charge is 0.495 e. The highest BCUT2D eigenvalue weighted by Crippen LogP contribution is 2.28. The van der Waals surface area contributed by atoms with Crippen molar-refractivity contribution in [1.82, 2.24) is 0 Å². The Kier molecular flexibility index (Phi) is 4.15. The summed E-state index contributed by atoms with van der Waals surface area (Å²) in [5.74, 6) is 0.677. The molecule has 0 saturated carbocycles. The molecule has 2 nitrogen and oxygen atoms in total. The van der Waals surface area contributed by atoms with Gasteiger partial charge in [0.1, 0.15) is 5.75 Å². The molecule has 0 aliphatic rings. The molecule has 17 heavy (non-hydrogen) atoms. The minimum absolute atomic E-state index is 0.599. The van der Waals surface area contributed by atoms with Crippen LogP contribution in [-0.4, -0.2) is 7.11 Å². The van der Waals surface area contributed by atoms with Gasteiger partial charge in [0, 0.05) is 22.5 Å². The van der Waals surface area contributed by atoms with Gasteiger partial charge in [-0.05, 0) is 24.3 Å². The molecule has 1 heterocycles. The second-order valence-corrected chi connectivity index (χ2v) is 5.27. The van der Waals surface area contributed by atoms with E-state index >= 15 is 0 Å². The topological polar surface area (TPSA) is 21.3 Å². The van der Waals surface area contributed by atoms with Gasteiger partial charge in [-0.3, -0.25) is 0 Å². The van der Waals surface area contributed by atoms with Crippen LogP contribution in [0.2, 0.25) is 10.0 Å². The molecular weight excluding hydrogens is 277 g/mol. The van der Waals surface area contributed by atoms with Crippen LogP contribution in [0.4, 0.5) is 5.69 Å². The molecule has 1 aromatic heterocycles. The normalized spacial score (nSPS) is 10.3. The lowest BCUT2D eigenvalue weighted by molar-refractivity contribution is 0.415. The van der Waals surface area contributed by atoms with Gasteiger partial charge < -0.3 is 10.1 Å². The smallest absolute Gasteiger partial charge is 0.137 e. The number of methoxy groups -OCH3 is 1. The van der Waals surface area contributed by atoms with Crippen LogP contribution in [0.15, 0.2) is 29.6 Å². The maximum atomic E-state index is 6.03. The van der Waals surface area contributed by atoms with Crippen molar-refractivity contribution in [3.63, 3.8) is 0 Å². The van der Waals surface area contributed by atoms with Gasteiger partial charge in [-0.2, -0.15) is 0 Å². The van der Waals surface area contributed by atoms with Gasteiger partial charge in [-0.15, -0.1) is 11.3 Å². The van der Waals surface area contributed by atoms with E-state index in [0.29, 0.717) is 10.8 Å². The fourth-order valence-corrected chi connectivity index (χ4v) is 2.68. The van der Waals surface area contributed by atoms with Gasteiger partial charge in [-0.25, -0.2) is 0 Å². The molecular formula is C12H11Cl2NOS. The van der Waals surface area contributed by atoms with Crippen molar-refractivity contribution < 1.29 is 4.74 Å². The van der Waals surface area contributed by atoms with Crippen LogP contribution in [0, 0.1) is 0 Å². The lowest BCUT2D eigenvalue weighted by Gasteiger charge is -2.07. The average molecular weight is 288 g/mol. The van der Waals surface area contributed by atoms with E-state index in [2.05, 4.69) is 5.32 Å². The predicted octanol–water partition coefficient (Wildman–Crippen LogP) is 4.68. The molecule has 0 saturated heterocycles. The van der Waals surface area contributed by atoms with E-state index in [-0.39, 0.29) is 0 Å². The molecule has 5 heteroatoms. The molecule has 2 aromatic rings. The quantitative estimate of drug-likeness (QED) is 0.882. The molecule has 0 atom stereocenters. The number of halogens is 2. The molecule has 0 amide bonds. The molecule has 0 spiro atoms. The highest BCUT2D eigenvalue weighted by atomic mass is 35.5. The zero-order chi connectivity index (χ0) is 12.3. The van der Waals surface area contributed by atoms with E-state index in [4.69, 9.17) is 27.9 Å². The summed E-state index contributed by atoms with van der Waals surface area (Å²) in [5, 5.41) is 6.57. The van der Waals surface area contributed by atoms with Crippen LogP contribution >= 0.6 is 34.5 Å². The summed E-state index contributed by atoms with van der Waals surface area (Å²) in [6.07, 6.45) is 0. The lowest BCUT2D eigenvalue weighted by Crippen LogP contribution is -1.97. The first-order valence-electron chi connectivity index (χ1n) is 4.99. The van der Waals surface area contributed by atoms with E-state index in [1.165, 1.54) is 4.88 Å². The number of nitrogens with one attached hydrogen (secondary N) is 1. The molecule has 2 rings (SSSR count). The minimum Gasteiger partial charge on any atom is -0.495 e. The molecule has 1 aromatic carbocycles. The van der Waals surface area contributed by atoms with Crippen molar-refractivity contribution in [1.29, 1.82) is 0 Å². The van der Waals surface area contributed by atoms with Crippen LogP contribution in [-0.2, 0) is 6.54 Å². The Hall–Kier alpha value is -0.900. The number of hydrogen-bond donors (Lipinski definition) is 1. The molecule has 0 unspecified atom stereocenters. The summed E-state index contributed by atoms with van der Waals surface area (Å²) < 4.78 is 5.09. The predicted molar refractivity (Wildman–Crippen MR) is 74.7 cm³/mol. The van der Waals surface area contributed by atoms with Gasteiger partial charge in [-0.1, -0.05) is 23.2 Å². The van der Waals surface area contributed by atoms with Crippen LogP contribution in [0.1, 0.15) is 4.88 Å². The molecule has 90 valence electrons. The van der Waals surface area contributed by atoms with Crippen LogP contribution in [0.3, 0.4) is 0 Å². The number of hydrogen-bond acceptors (Lipinski definition) is 3. The van der Waals surface area contributed by atoms with E-state index in [9.17, 15) is 0 Å². The van der Waals surface area contributed by atoms with Crippen molar-refractivity contribution in [3.8, 4) is 5.75 Å². The summed E-state index contributed by atoms with van der Waals surface area (Å²) in [6, 6.07) is 7.56. The second kappa shape index (κ2) is 5.63. The maximum Gasteiger partial charge on any atom is 0.137 e. The zero-order valence-electron chi connectivity index (χ0n) is 9.17. The van der Waals surface area contributed by atoms with Crippen molar-refractivity contribution in [2.24, 2.45) is 0 Å². The second-order valence-electron chi connectivity index (χ2n) is 3.43. The van der Waals surface area contributed by atoms with Crippen LogP contribution in [0.25, 0.3) is 0 Å². The van der Waals surface area contributed by atoms with Gasteiger partial charge in [0.15, 0.2) is 0 Å². The van der Waals surface area contributed by atoms with Gasteiger partial charge in [0.25, 0.3) is 0 Å². The van der Waals surface area contributed by atoms with Crippen LogP contribution in [0.5, 0.6) is 5.75 Å². The third kappa shape index (κ3) is 3.28. The number of benzene rings is 1. The fraction of sp³-hybridized carbons (Fsp3) is 0.167. The molecule has 1 N–H and O–H groups in total. The Morgan fingerprint density at radius 2 is 2.12 bits per heavy atom. The van der Waals surface area contributed by atoms with E-state index in [1.807, 2.05) is 29.6 Å². The van der Waals surface area contributed by atoms with Gasteiger partial charge in [0.2, 0.25) is 0 Å². The SMILES string of the molecule is COc1ccc(NCc2cc(Cl)cs2)cc1Cl. The van der Waals surface area contributed by atoms with Crippen LogP contribution < -0.4 is 10.1 Å². The Labute approximate surface area is 114 Å². The van der Waals surface area contributed by atoms with E-state index < -0.39 is 0 Å². The summed E-state index contributed by atoms with van der Waals surface area (Å²) in [6.45, 7) is 0.736. The van der Waals surface area contributed by atoms with Crippen molar-refractivity contribution in [3.05, 3.63) is 44.6 Å². The van der Waals surface area contributed by atoms with E-state index in [0.717, 1.165) is 17.3 Å². The van der Waals surface area contributed by atoms with Gasteiger partial charge in [0.05, 0.1) is 17.2 Å². The fourth-order valence-electron chi connectivity index (χ4n) is 1.41. The molecule has 0 bridgehead atoms. The first-order valence-corrected chi connectivity index (χ1v) is 6.63. The highest BCUT2D eigenvalue weighted by Gasteiger charge is 2.02. The standard InChI is InChI=1S/C12H11Cl2NOS/c1-16-12-3-2-9(5-11(12)14)15-6-10-4-8(13)7-17-10/h2-5,7,15H,6H2,1H3. The molecule has 0 aliphatic heterocycles. The number of anilines is 1. The Balaban J connectivity index is 2.02. The molecule has 0 radical (unpaired) electrons. The summed E-state index contributed by atoms with van der Waals surface area (Å²) in [5.41, 5.74) is 0.959. The first kappa shape index (κ1) is 12.6. The Bertz CT molecular complexity index is 513. The average Bonchev–Trinajstić information content (AvgIpc) is 2.73. The Morgan fingerprint density at radius 1 is 1.29 bits per heavy atom. The Morgan fingerprint density at radius 3 is 2.71 bits per heavy atom. The molecule has 0 aliphatic carbocycles. The van der Waals surface area contributed by atoms with Crippen molar-refractivity contribution in [2.45, 2.75) is 6.54 Å².